The van der Waals surface area contributed by atoms with Crippen molar-refractivity contribution in [3.8, 4) is 0 Å². The Morgan fingerprint density at radius 3 is 2.16 bits per heavy atom. The number of carbonyl (C=O) groups is 1. The first-order valence-corrected chi connectivity index (χ1v) is 10.1. The molecular formula is C26H21NO4. The Hall–Kier alpha value is -3.99. The first-order valence-electron chi connectivity index (χ1n) is 10.1. The van der Waals surface area contributed by atoms with Crippen LogP contribution in [-0.2, 0) is 11.3 Å². The zero-order valence-corrected chi connectivity index (χ0v) is 16.9. The lowest BCUT2D eigenvalue weighted by Gasteiger charge is -2.21. The Labute approximate surface area is 180 Å². The molecule has 0 bridgehead atoms. The molecule has 0 unspecified atom stereocenters. The average molecular weight is 411 g/mol. The van der Waals surface area contributed by atoms with Gasteiger partial charge in [-0.1, -0.05) is 60.7 Å². The Balaban J connectivity index is 1.63. The SMILES string of the molecule is O=C(C1=CC(OCc2ccc([N+](=O)[O-])cc2)=C(c2ccccc2)CC1)c1ccccc1. The van der Waals surface area contributed by atoms with E-state index < -0.39 is 4.92 Å². The number of Topliss-reactive ketones (excluding diaryl/α,β-unsaturated/α-hetero) is 1. The van der Waals surface area contributed by atoms with Gasteiger partial charge in [-0.3, -0.25) is 14.9 Å². The van der Waals surface area contributed by atoms with Gasteiger partial charge in [0.25, 0.3) is 5.69 Å². The number of nitro groups is 1. The van der Waals surface area contributed by atoms with Crippen molar-refractivity contribution in [2.24, 2.45) is 0 Å². The monoisotopic (exact) mass is 411 g/mol. The molecule has 0 spiro atoms. The number of carbonyl (C=O) groups excluding carboxylic acids is 1. The lowest BCUT2D eigenvalue weighted by Crippen LogP contribution is -2.10. The zero-order valence-electron chi connectivity index (χ0n) is 16.9. The van der Waals surface area contributed by atoms with E-state index in [0.717, 1.165) is 16.7 Å². The van der Waals surface area contributed by atoms with Crippen LogP contribution < -0.4 is 0 Å². The van der Waals surface area contributed by atoms with Crippen molar-refractivity contribution in [1.29, 1.82) is 0 Å². The van der Waals surface area contributed by atoms with Crippen LogP contribution in [-0.4, -0.2) is 10.7 Å². The molecule has 4 rings (SSSR count). The molecule has 3 aromatic rings. The van der Waals surface area contributed by atoms with Crippen LogP contribution >= 0.6 is 0 Å². The first-order chi connectivity index (χ1) is 15.1. The highest BCUT2D eigenvalue weighted by Gasteiger charge is 2.21. The molecule has 0 radical (unpaired) electrons. The normalized spacial score (nSPS) is 13.5. The second-order valence-corrected chi connectivity index (χ2v) is 7.29. The van der Waals surface area contributed by atoms with Gasteiger partial charge in [0.05, 0.1) is 4.92 Å². The standard InChI is InChI=1S/C26H21NO4/c28-26(21-9-5-2-6-10-21)22-13-16-24(20-7-3-1-4-8-20)25(17-22)31-18-19-11-14-23(15-12-19)27(29)30/h1-12,14-15,17H,13,16,18H2. The number of nitro benzene ring substituents is 1. The number of allylic oxidation sites excluding steroid dienone is 3. The zero-order chi connectivity index (χ0) is 21.6. The molecule has 0 saturated heterocycles. The number of ether oxygens (including phenoxy) is 1. The maximum Gasteiger partial charge on any atom is 0.269 e. The topological polar surface area (TPSA) is 69.4 Å². The van der Waals surface area contributed by atoms with Crippen molar-refractivity contribution in [3.05, 3.63) is 129 Å². The summed E-state index contributed by atoms with van der Waals surface area (Å²) >= 11 is 0. The van der Waals surface area contributed by atoms with E-state index in [4.69, 9.17) is 4.74 Å². The minimum atomic E-state index is -0.425. The van der Waals surface area contributed by atoms with Crippen LogP contribution in [0.1, 0.15) is 34.3 Å². The summed E-state index contributed by atoms with van der Waals surface area (Å²) in [7, 11) is 0. The summed E-state index contributed by atoms with van der Waals surface area (Å²) in [5, 5.41) is 10.9. The number of ketones is 1. The summed E-state index contributed by atoms with van der Waals surface area (Å²) < 4.78 is 6.13. The fraction of sp³-hybridized carbons (Fsp3) is 0.115. The highest BCUT2D eigenvalue weighted by molar-refractivity contribution is 6.09. The van der Waals surface area contributed by atoms with Gasteiger partial charge in [0.15, 0.2) is 5.78 Å². The first kappa shape index (κ1) is 20.3. The van der Waals surface area contributed by atoms with E-state index in [-0.39, 0.29) is 18.1 Å². The number of hydrogen-bond donors (Lipinski definition) is 0. The molecule has 31 heavy (non-hydrogen) atoms. The summed E-state index contributed by atoms with van der Waals surface area (Å²) in [6.45, 7) is 0.257. The third-order valence-corrected chi connectivity index (χ3v) is 5.24. The third kappa shape index (κ3) is 4.78. The van der Waals surface area contributed by atoms with Crippen LogP contribution in [0.5, 0.6) is 0 Å². The Kier molecular flexibility index (Phi) is 6.03. The fourth-order valence-electron chi connectivity index (χ4n) is 3.58. The van der Waals surface area contributed by atoms with Gasteiger partial charge in [0.2, 0.25) is 0 Å². The molecule has 0 saturated carbocycles. The van der Waals surface area contributed by atoms with Gasteiger partial charge in [0, 0.05) is 28.8 Å². The van der Waals surface area contributed by atoms with Gasteiger partial charge in [-0.15, -0.1) is 0 Å². The van der Waals surface area contributed by atoms with Gasteiger partial charge in [0.1, 0.15) is 12.4 Å². The molecular weight excluding hydrogens is 390 g/mol. The van der Waals surface area contributed by atoms with E-state index in [9.17, 15) is 14.9 Å². The molecule has 0 atom stereocenters. The summed E-state index contributed by atoms with van der Waals surface area (Å²) in [5.74, 6) is 0.666. The number of hydrogen-bond acceptors (Lipinski definition) is 4. The van der Waals surface area contributed by atoms with Gasteiger partial charge in [-0.05, 0) is 42.2 Å². The molecule has 5 nitrogen and oxygen atoms in total. The average Bonchev–Trinajstić information content (AvgIpc) is 2.83. The summed E-state index contributed by atoms with van der Waals surface area (Å²) in [6.07, 6.45) is 3.18. The molecule has 5 heteroatoms. The van der Waals surface area contributed by atoms with Crippen LogP contribution in [0, 0.1) is 10.1 Å². The van der Waals surface area contributed by atoms with Gasteiger partial charge in [-0.25, -0.2) is 0 Å². The molecule has 0 amide bonds. The van der Waals surface area contributed by atoms with Crippen molar-refractivity contribution in [2.75, 3.05) is 0 Å². The number of benzene rings is 3. The molecule has 0 heterocycles. The van der Waals surface area contributed by atoms with Crippen molar-refractivity contribution >= 4 is 17.0 Å². The molecule has 1 aliphatic rings. The third-order valence-electron chi connectivity index (χ3n) is 5.24. The maximum atomic E-state index is 13.0. The minimum Gasteiger partial charge on any atom is -0.489 e. The predicted molar refractivity (Wildman–Crippen MR) is 119 cm³/mol. The van der Waals surface area contributed by atoms with Gasteiger partial charge >= 0.3 is 0 Å². The fourth-order valence-corrected chi connectivity index (χ4v) is 3.58. The van der Waals surface area contributed by atoms with Crippen molar-refractivity contribution < 1.29 is 14.5 Å². The van der Waals surface area contributed by atoms with E-state index in [1.54, 1.807) is 12.1 Å². The Bertz CT molecular complexity index is 1150. The second kappa shape index (κ2) is 9.22. The van der Waals surface area contributed by atoms with Crippen LogP contribution in [0.4, 0.5) is 5.69 Å². The molecule has 3 aromatic carbocycles. The largest absolute Gasteiger partial charge is 0.489 e. The van der Waals surface area contributed by atoms with Crippen LogP contribution in [0.15, 0.2) is 102 Å². The smallest absolute Gasteiger partial charge is 0.269 e. The van der Waals surface area contributed by atoms with E-state index in [2.05, 4.69) is 0 Å². The van der Waals surface area contributed by atoms with E-state index in [1.807, 2.05) is 66.7 Å². The second-order valence-electron chi connectivity index (χ2n) is 7.29. The Morgan fingerprint density at radius 1 is 0.871 bits per heavy atom. The lowest BCUT2D eigenvalue weighted by atomic mass is 9.88. The molecule has 1 aliphatic carbocycles. The number of nitrogens with zero attached hydrogens (tertiary/aromatic N) is 1. The lowest BCUT2D eigenvalue weighted by molar-refractivity contribution is -0.384. The van der Waals surface area contributed by atoms with E-state index in [1.165, 1.54) is 12.1 Å². The van der Waals surface area contributed by atoms with E-state index >= 15 is 0 Å². The summed E-state index contributed by atoms with van der Waals surface area (Å²) in [4.78, 5) is 23.4. The van der Waals surface area contributed by atoms with Crippen molar-refractivity contribution in [3.63, 3.8) is 0 Å². The van der Waals surface area contributed by atoms with Gasteiger partial charge < -0.3 is 4.74 Å². The van der Waals surface area contributed by atoms with Crippen LogP contribution in [0.2, 0.25) is 0 Å². The highest BCUT2D eigenvalue weighted by atomic mass is 16.6. The maximum absolute atomic E-state index is 13.0. The number of rotatable bonds is 7. The van der Waals surface area contributed by atoms with E-state index in [0.29, 0.717) is 29.7 Å². The Morgan fingerprint density at radius 2 is 1.52 bits per heavy atom. The minimum absolute atomic E-state index is 0.00384. The molecule has 154 valence electrons. The molecule has 0 fully saturated rings. The summed E-state index contributed by atoms with van der Waals surface area (Å²) in [6, 6.07) is 25.5. The van der Waals surface area contributed by atoms with Crippen molar-refractivity contribution in [1.82, 2.24) is 0 Å². The van der Waals surface area contributed by atoms with Crippen molar-refractivity contribution in [2.45, 2.75) is 19.4 Å². The quantitative estimate of drug-likeness (QED) is 0.267. The molecule has 0 aromatic heterocycles. The highest BCUT2D eigenvalue weighted by Crippen LogP contribution is 2.34. The van der Waals surface area contributed by atoms with Gasteiger partial charge in [-0.2, -0.15) is 0 Å². The number of non-ortho nitro benzene ring substituents is 1. The van der Waals surface area contributed by atoms with Crippen LogP contribution in [0.3, 0.4) is 0 Å². The van der Waals surface area contributed by atoms with Crippen LogP contribution in [0.25, 0.3) is 5.57 Å². The predicted octanol–water partition coefficient (Wildman–Crippen LogP) is 6.13. The summed E-state index contributed by atoms with van der Waals surface area (Å²) in [5.41, 5.74) is 4.34. The molecule has 0 aliphatic heterocycles. The molecule has 0 N–H and O–H groups in total.